The molecule has 0 spiro atoms. The first-order valence-corrected chi connectivity index (χ1v) is 6.38. The summed E-state index contributed by atoms with van der Waals surface area (Å²) in [5.74, 6) is 0.350. The monoisotopic (exact) mass is 342 g/mol. The molecule has 5 nitrogen and oxygen atoms in total. The van der Waals surface area contributed by atoms with Crippen LogP contribution in [0.4, 0.5) is 5.69 Å². The third-order valence-electron chi connectivity index (χ3n) is 2.27. The van der Waals surface area contributed by atoms with Crippen LogP contribution in [-0.4, -0.2) is 9.91 Å². The Morgan fingerprint density at radius 3 is 2.79 bits per heavy atom. The van der Waals surface area contributed by atoms with Crippen molar-refractivity contribution in [1.29, 1.82) is 0 Å². The Kier molecular flexibility index (Phi) is 4.01. The summed E-state index contributed by atoms with van der Waals surface area (Å²) < 4.78 is 6.08. The van der Waals surface area contributed by atoms with Gasteiger partial charge in [0, 0.05) is 17.3 Å². The number of nitro groups is 1. The maximum absolute atomic E-state index is 10.9. The Morgan fingerprint density at radius 1 is 1.42 bits per heavy atom. The van der Waals surface area contributed by atoms with Crippen LogP contribution in [0.1, 0.15) is 5.56 Å². The summed E-state index contributed by atoms with van der Waals surface area (Å²) in [5.41, 5.74) is 0.742. The third kappa shape index (κ3) is 3.21. The quantitative estimate of drug-likeness (QED) is 0.607. The Balaban J connectivity index is 2.40. The molecule has 98 valence electrons. The van der Waals surface area contributed by atoms with Gasteiger partial charge in [-0.1, -0.05) is 11.6 Å². The summed E-state index contributed by atoms with van der Waals surface area (Å²) >= 11 is 9.03. The number of ether oxygens (including phenoxy) is 1. The van der Waals surface area contributed by atoms with Gasteiger partial charge in [0.2, 0.25) is 11.6 Å². The lowest BCUT2D eigenvalue weighted by Crippen LogP contribution is -1.95. The van der Waals surface area contributed by atoms with Gasteiger partial charge in [-0.3, -0.25) is 10.1 Å². The van der Waals surface area contributed by atoms with Crippen molar-refractivity contribution < 1.29 is 9.66 Å². The molecule has 2 rings (SSSR count). The van der Waals surface area contributed by atoms with Gasteiger partial charge in [0.05, 0.1) is 9.40 Å². The van der Waals surface area contributed by atoms with E-state index >= 15 is 0 Å². The predicted molar refractivity (Wildman–Crippen MR) is 74.9 cm³/mol. The molecule has 0 aliphatic heterocycles. The minimum atomic E-state index is -0.552. The van der Waals surface area contributed by atoms with Crippen molar-refractivity contribution in [3.05, 3.63) is 55.6 Å². The second-order valence-electron chi connectivity index (χ2n) is 3.77. The fourth-order valence-corrected chi connectivity index (χ4v) is 2.13. The van der Waals surface area contributed by atoms with E-state index in [0.29, 0.717) is 4.47 Å². The summed E-state index contributed by atoms with van der Waals surface area (Å²) in [6, 6.07) is 6.00. The highest BCUT2D eigenvalue weighted by Gasteiger charge is 2.17. The van der Waals surface area contributed by atoms with Crippen LogP contribution in [0.3, 0.4) is 0 Å². The molecule has 0 saturated heterocycles. The van der Waals surface area contributed by atoms with E-state index in [-0.39, 0.29) is 22.3 Å². The van der Waals surface area contributed by atoms with Crippen LogP contribution >= 0.6 is 27.5 Å². The topological polar surface area (TPSA) is 65.3 Å². The maximum atomic E-state index is 10.9. The molecule has 0 radical (unpaired) electrons. The van der Waals surface area contributed by atoms with Crippen LogP contribution in [0.25, 0.3) is 0 Å². The van der Waals surface area contributed by atoms with E-state index in [9.17, 15) is 10.1 Å². The maximum Gasteiger partial charge on any atom is 0.313 e. The molecule has 2 aromatic rings. The third-order valence-corrected chi connectivity index (χ3v) is 3.07. The minimum Gasteiger partial charge on any atom is -0.431 e. The van der Waals surface area contributed by atoms with E-state index in [4.69, 9.17) is 16.3 Å². The van der Waals surface area contributed by atoms with E-state index in [0.717, 1.165) is 5.56 Å². The van der Waals surface area contributed by atoms with Crippen LogP contribution in [0.5, 0.6) is 11.6 Å². The lowest BCUT2D eigenvalue weighted by atomic mass is 10.3. The number of aromatic nitrogens is 1. The first kappa shape index (κ1) is 13.8. The minimum absolute atomic E-state index is 0.0893. The van der Waals surface area contributed by atoms with Gasteiger partial charge in [0.25, 0.3) is 0 Å². The Hall–Kier alpha value is -1.66. The van der Waals surface area contributed by atoms with E-state index in [1.807, 2.05) is 13.0 Å². The number of benzene rings is 1. The molecule has 0 aliphatic rings. The van der Waals surface area contributed by atoms with Crippen molar-refractivity contribution in [3.8, 4) is 11.6 Å². The van der Waals surface area contributed by atoms with Gasteiger partial charge >= 0.3 is 5.69 Å². The number of hydrogen-bond donors (Lipinski definition) is 0. The zero-order valence-corrected chi connectivity index (χ0v) is 12.1. The molecule has 0 amide bonds. The van der Waals surface area contributed by atoms with Gasteiger partial charge in [-0.05, 0) is 46.6 Å². The first-order chi connectivity index (χ1) is 8.97. The number of nitrogens with zero attached hydrogens (tertiary/aromatic N) is 2. The van der Waals surface area contributed by atoms with Crippen molar-refractivity contribution in [3.63, 3.8) is 0 Å². The van der Waals surface area contributed by atoms with Crippen molar-refractivity contribution in [2.45, 2.75) is 6.92 Å². The standard InChI is InChI=1S/C12H8BrClN2O3/c1-7-4-9(13)12(15-6-7)19-11-3-2-8(14)5-10(11)16(17)18/h2-6H,1H3. The smallest absolute Gasteiger partial charge is 0.313 e. The largest absolute Gasteiger partial charge is 0.431 e. The number of pyridine rings is 1. The molecule has 0 fully saturated rings. The molecule has 0 atom stereocenters. The highest BCUT2D eigenvalue weighted by molar-refractivity contribution is 9.10. The summed E-state index contributed by atoms with van der Waals surface area (Å²) in [5, 5.41) is 11.2. The number of aryl methyl sites for hydroxylation is 1. The molecule has 0 saturated carbocycles. The fourth-order valence-electron chi connectivity index (χ4n) is 1.42. The lowest BCUT2D eigenvalue weighted by molar-refractivity contribution is -0.385. The molecule has 0 unspecified atom stereocenters. The van der Waals surface area contributed by atoms with E-state index in [1.54, 1.807) is 6.20 Å². The normalized spacial score (nSPS) is 10.3. The zero-order chi connectivity index (χ0) is 14.0. The molecule has 0 N–H and O–H groups in total. The van der Waals surface area contributed by atoms with Crippen molar-refractivity contribution >= 4 is 33.2 Å². The predicted octanol–water partition coefficient (Wildman–Crippen LogP) is 4.51. The summed E-state index contributed by atoms with van der Waals surface area (Å²) in [7, 11) is 0. The van der Waals surface area contributed by atoms with Gasteiger partial charge in [-0.2, -0.15) is 0 Å². The number of rotatable bonds is 3. The fraction of sp³-hybridized carbons (Fsp3) is 0.0833. The van der Waals surface area contributed by atoms with E-state index in [2.05, 4.69) is 20.9 Å². The lowest BCUT2D eigenvalue weighted by Gasteiger charge is -2.07. The van der Waals surface area contributed by atoms with Gasteiger partial charge < -0.3 is 4.74 Å². The summed E-state index contributed by atoms with van der Waals surface area (Å²) in [6.45, 7) is 1.88. The molecule has 0 bridgehead atoms. The molecule has 7 heteroatoms. The molecular formula is C12H8BrClN2O3. The second kappa shape index (κ2) is 5.54. The summed E-state index contributed by atoms with van der Waals surface area (Å²) in [4.78, 5) is 14.5. The van der Waals surface area contributed by atoms with Crippen molar-refractivity contribution in [2.24, 2.45) is 0 Å². The first-order valence-electron chi connectivity index (χ1n) is 5.21. The molecule has 0 aliphatic carbocycles. The van der Waals surface area contributed by atoms with Crippen LogP contribution in [0.15, 0.2) is 34.9 Å². The highest BCUT2D eigenvalue weighted by atomic mass is 79.9. The van der Waals surface area contributed by atoms with Crippen molar-refractivity contribution in [2.75, 3.05) is 0 Å². The molecule has 1 aromatic heterocycles. The molecule has 1 heterocycles. The number of hydrogen-bond acceptors (Lipinski definition) is 4. The van der Waals surface area contributed by atoms with Gasteiger partial charge in [-0.15, -0.1) is 0 Å². The van der Waals surface area contributed by atoms with Crippen LogP contribution in [0.2, 0.25) is 5.02 Å². The highest BCUT2D eigenvalue weighted by Crippen LogP contribution is 2.35. The van der Waals surface area contributed by atoms with Crippen LogP contribution < -0.4 is 4.74 Å². The van der Waals surface area contributed by atoms with Crippen LogP contribution in [0, 0.1) is 17.0 Å². The Labute approximate surface area is 122 Å². The Morgan fingerprint density at radius 2 is 2.16 bits per heavy atom. The van der Waals surface area contributed by atoms with E-state index < -0.39 is 4.92 Å². The number of halogens is 2. The zero-order valence-electron chi connectivity index (χ0n) is 9.76. The number of nitro benzene ring substituents is 1. The second-order valence-corrected chi connectivity index (χ2v) is 5.06. The average Bonchev–Trinajstić information content (AvgIpc) is 2.34. The SMILES string of the molecule is Cc1cnc(Oc2ccc(Cl)cc2[N+](=O)[O-])c(Br)c1. The van der Waals surface area contributed by atoms with Gasteiger partial charge in [-0.25, -0.2) is 4.98 Å². The van der Waals surface area contributed by atoms with Gasteiger partial charge in [0.1, 0.15) is 0 Å². The average molecular weight is 344 g/mol. The molecular weight excluding hydrogens is 335 g/mol. The molecule has 1 aromatic carbocycles. The molecule has 19 heavy (non-hydrogen) atoms. The summed E-state index contributed by atoms with van der Waals surface area (Å²) in [6.07, 6.45) is 1.61. The van der Waals surface area contributed by atoms with Gasteiger partial charge in [0.15, 0.2) is 0 Å². The Bertz CT molecular complexity index is 649. The van der Waals surface area contributed by atoms with E-state index in [1.165, 1.54) is 18.2 Å². The van der Waals surface area contributed by atoms with Crippen LogP contribution in [-0.2, 0) is 0 Å². The van der Waals surface area contributed by atoms with Crippen molar-refractivity contribution in [1.82, 2.24) is 4.98 Å².